The highest BCUT2D eigenvalue weighted by Crippen LogP contribution is 2.25. The van der Waals surface area contributed by atoms with Gasteiger partial charge in [-0.05, 0) is 29.8 Å². The Kier molecular flexibility index (Phi) is 5.20. The Morgan fingerprint density at radius 3 is 2.42 bits per heavy atom. The summed E-state index contributed by atoms with van der Waals surface area (Å²) in [6, 6.07) is 12.8. The molecule has 1 aromatic heterocycles. The van der Waals surface area contributed by atoms with Crippen LogP contribution >= 0.6 is 0 Å². The van der Waals surface area contributed by atoms with E-state index < -0.39 is 0 Å². The Balaban J connectivity index is 2.16. The molecule has 0 spiro atoms. The van der Waals surface area contributed by atoms with Crippen molar-refractivity contribution in [1.82, 2.24) is 10.3 Å². The van der Waals surface area contributed by atoms with Gasteiger partial charge in [-0.25, -0.2) is 4.98 Å². The molecule has 0 bridgehead atoms. The Morgan fingerprint density at radius 2 is 1.88 bits per heavy atom. The summed E-state index contributed by atoms with van der Waals surface area (Å²) in [5.74, 6) is 0.203. The molecule has 0 radical (unpaired) electrons. The lowest BCUT2D eigenvalue weighted by Crippen LogP contribution is -2.17. The van der Waals surface area contributed by atoms with Gasteiger partial charge in [-0.3, -0.25) is 4.79 Å². The third kappa shape index (κ3) is 4.11. The summed E-state index contributed by atoms with van der Waals surface area (Å²) >= 11 is 0. The van der Waals surface area contributed by atoms with Crippen molar-refractivity contribution < 1.29 is 9.53 Å². The molecule has 0 saturated heterocycles. The number of carbonyl (C=O) groups excluding carboxylic acids is 1. The Hall–Kier alpha value is -2.87. The second kappa shape index (κ2) is 7.14. The van der Waals surface area contributed by atoms with Crippen molar-refractivity contribution in [3.63, 3.8) is 0 Å². The van der Waals surface area contributed by atoms with E-state index in [-0.39, 0.29) is 17.9 Å². The second-order valence-corrected chi connectivity index (χ2v) is 6.48. The van der Waals surface area contributed by atoms with E-state index in [1.165, 1.54) is 0 Å². The molecule has 2 aromatic rings. The molecular formula is C19H21N3O2. The van der Waals surface area contributed by atoms with Gasteiger partial charge >= 0.3 is 0 Å². The summed E-state index contributed by atoms with van der Waals surface area (Å²) in [4.78, 5) is 16.0. The average molecular weight is 323 g/mol. The summed E-state index contributed by atoms with van der Waals surface area (Å²) in [7, 11) is 1.59. The number of carbonyl (C=O) groups is 1. The highest BCUT2D eigenvalue weighted by Gasteiger charge is 2.18. The van der Waals surface area contributed by atoms with Crippen LogP contribution in [0.5, 0.6) is 5.88 Å². The Bertz CT molecular complexity index is 769. The quantitative estimate of drug-likeness (QED) is 0.937. The van der Waals surface area contributed by atoms with Crippen LogP contribution in [0.15, 0.2) is 36.4 Å². The predicted octanol–water partition coefficient (Wildman–Crippen LogP) is 3.19. The zero-order chi connectivity index (χ0) is 17.7. The van der Waals surface area contributed by atoms with Crippen LogP contribution in [0.4, 0.5) is 0 Å². The summed E-state index contributed by atoms with van der Waals surface area (Å²) < 4.78 is 5.74. The number of hydrogen-bond acceptors (Lipinski definition) is 4. The molecular weight excluding hydrogens is 302 g/mol. The van der Waals surface area contributed by atoms with Gasteiger partial charge in [-0.2, -0.15) is 5.26 Å². The highest BCUT2D eigenvalue weighted by molar-refractivity contribution is 5.93. The van der Waals surface area contributed by atoms with Crippen LogP contribution in [-0.2, 0) is 12.0 Å². The fourth-order valence-electron chi connectivity index (χ4n) is 2.10. The SMILES string of the molecule is CNC(=O)c1ccc(COc2nc(C(C)(C)C)ccc2C#N)cc1. The van der Waals surface area contributed by atoms with Crippen molar-refractivity contribution >= 4 is 5.91 Å². The van der Waals surface area contributed by atoms with E-state index in [1.807, 2.05) is 18.2 Å². The van der Waals surface area contributed by atoms with Gasteiger partial charge in [-0.1, -0.05) is 32.9 Å². The average Bonchev–Trinajstić information content (AvgIpc) is 2.58. The summed E-state index contributed by atoms with van der Waals surface area (Å²) in [5, 5.41) is 11.8. The number of amides is 1. The molecule has 1 N–H and O–H groups in total. The number of hydrogen-bond donors (Lipinski definition) is 1. The van der Waals surface area contributed by atoms with Crippen molar-refractivity contribution in [1.29, 1.82) is 5.26 Å². The van der Waals surface area contributed by atoms with E-state index in [9.17, 15) is 10.1 Å². The predicted molar refractivity (Wildman–Crippen MR) is 91.8 cm³/mol. The second-order valence-electron chi connectivity index (χ2n) is 6.48. The molecule has 0 aliphatic heterocycles. The largest absolute Gasteiger partial charge is 0.472 e. The molecule has 0 aliphatic carbocycles. The van der Waals surface area contributed by atoms with Crippen molar-refractivity contribution in [3.8, 4) is 11.9 Å². The first kappa shape index (κ1) is 17.5. The molecule has 1 heterocycles. The lowest BCUT2D eigenvalue weighted by Gasteiger charge is -2.19. The lowest BCUT2D eigenvalue weighted by molar-refractivity contribution is 0.0963. The zero-order valence-corrected chi connectivity index (χ0v) is 14.4. The molecule has 2 rings (SSSR count). The number of benzene rings is 1. The highest BCUT2D eigenvalue weighted by atomic mass is 16.5. The van der Waals surface area contributed by atoms with Gasteiger partial charge in [0.05, 0.1) is 0 Å². The van der Waals surface area contributed by atoms with Crippen LogP contribution in [0.2, 0.25) is 0 Å². The van der Waals surface area contributed by atoms with Crippen molar-refractivity contribution in [2.75, 3.05) is 7.05 Å². The molecule has 24 heavy (non-hydrogen) atoms. The van der Waals surface area contributed by atoms with E-state index in [4.69, 9.17) is 4.74 Å². The van der Waals surface area contributed by atoms with Gasteiger partial charge in [0.25, 0.3) is 5.91 Å². The third-order valence-electron chi connectivity index (χ3n) is 3.57. The number of nitriles is 1. The van der Waals surface area contributed by atoms with Crippen molar-refractivity contribution in [2.45, 2.75) is 32.8 Å². The smallest absolute Gasteiger partial charge is 0.251 e. The maximum absolute atomic E-state index is 11.5. The summed E-state index contributed by atoms with van der Waals surface area (Å²) in [6.07, 6.45) is 0. The van der Waals surface area contributed by atoms with E-state index in [2.05, 4.69) is 37.1 Å². The fourth-order valence-corrected chi connectivity index (χ4v) is 2.10. The fraction of sp³-hybridized carbons (Fsp3) is 0.316. The van der Waals surface area contributed by atoms with E-state index in [0.29, 0.717) is 17.0 Å². The first-order valence-corrected chi connectivity index (χ1v) is 7.70. The number of nitrogens with zero attached hydrogens (tertiary/aromatic N) is 2. The van der Waals surface area contributed by atoms with Crippen LogP contribution in [-0.4, -0.2) is 17.9 Å². The van der Waals surface area contributed by atoms with Crippen LogP contribution in [0.25, 0.3) is 0 Å². The normalized spacial score (nSPS) is 10.8. The van der Waals surface area contributed by atoms with Crippen LogP contribution in [0.3, 0.4) is 0 Å². The number of pyridine rings is 1. The Labute approximate surface area is 142 Å². The first-order valence-electron chi connectivity index (χ1n) is 7.70. The standard InChI is InChI=1S/C19H21N3O2/c1-19(2,3)16-10-9-15(11-20)18(22-16)24-12-13-5-7-14(8-6-13)17(23)21-4/h5-10H,12H2,1-4H3,(H,21,23). The van der Waals surface area contributed by atoms with Crippen molar-refractivity contribution in [3.05, 3.63) is 58.8 Å². The molecule has 0 unspecified atom stereocenters. The first-order chi connectivity index (χ1) is 11.3. The summed E-state index contributed by atoms with van der Waals surface area (Å²) in [6.45, 7) is 6.46. The van der Waals surface area contributed by atoms with Crippen molar-refractivity contribution in [2.24, 2.45) is 0 Å². The molecule has 0 saturated carbocycles. The van der Waals surface area contributed by atoms with E-state index in [1.54, 1.807) is 25.2 Å². The molecule has 5 heteroatoms. The number of aromatic nitrogens is 1. The minimum Gasteiger partial charge on any atom is -0.472 e. The maximum Gasteiger partial charge on any atom is 0.251 e. The zero-order valence-electron chi connectivity index (χ0n) is 14.4. The molecule has 124 valence electrons. The number of nitrogens with one attached hydrogen (secondary N) is 1. The molecule has 1 amide bonds. The Morgan fingerprint density at radius 1 is 1.21 bits per heavy atom. The topological polar surface area (TPSA) is 75.0 Å². The van der Waals surface area contributed by atoms with Gasteiger partial charge in [0.2, 0.25) is 5.88 Å². The van der Waals surface area contributed by atoms with Gasteiger partial charge in [0.1, 0.15) is 18.2 Å². The van der Waals surface area contributed by atoms with Gasteiger partial charge in [0, 0.05) is 23.7 Å². The van der Waals surface area contributed by atoms with E-state index >= 15 is 0 Å². The minimum absolute atomic E-state index is 0.124. The molecule has 0 atom stereocenters. The maximum atomic E-state index is 11.5. The molecule has 0 aliphatic rings. The summed E-state index contributed by atoms with van der Waals surface area (Å²) in [5.41, 5.74) is 2.64. The number of ether oxygens (including phenoxy) is 1. The van der Waals surface area contributed by atoms with Gasteiger partial charge in [0.15, 0.2) is 0 Å². The lowest BCUT2D eigenvalue weighted by atomic mass is 9.91. The van der Waals surface area contributed by atoms with Crippen LogP contribution in [0.1, 0.15) is 48.0 Å². The van der Waals surface area contributed by atoms with Gasteiger partial charge in [-0.15, -0.1) is 0 Å². The molecule has 1 aromatic carbocycles. The van der Waals surface area contributed by atoms with Crippen LogP contribution in [0, 0.1) is 11.3 Å². The molecule has 0 fully saturated rings. The van der Waals surface area contributed by atoms with Gasteiger partial charge < -0.3 is 10.1 Å². The van der Waals surface area contributed by atoms with Crippen LogP contribution < -0.4 is 10.1 Å². The van der Waals surface area contributed by atoms with E-state index in [0.717, 1.165) is 11.3 Å². The minimum atomic E-state index is -0.131. The number of rotatable bonds is 4. The monoisotopic (exact) mass is 323 g/mol. The third-order valence-corrected chi connectivity index (χ3v) is 3.57. The molecule has 5 nitrogen and oxygen atoms in total.